The van der Waals surface area contributed by atoms with Gasteiger partial charge in [0.15, 0.2) is 5.69 Å². The summed E-state index contributed by atoms with van der Waals surface area (Å²) in [6, 6.07) is 9.63. The third-order valence-electron chi connectivity index (χ3n) is 4.07. The quantitative estimate of drug-likeness (QED) is 0.824. The molecule has 2 N–H and O–H groups in total. The first-order valence-corrected chi connectivity index (χ1v) is 8.14. The average Bonchev–Trinajstić information content (AvgIpc) is 3.32. The molecule has 0 spiro atoms. The molecule has 0 bridgehead atoms. The summed E-state index contributed by atoms with van der Waals surface area (Å²) >= 11 is 0. The van der Waals surface area contributed by atoms with Gasteiger partial charge in [-0.3, -0.25) is 4.79 Å². The standard InChI is InChI=1S/C18H22N2O3/c1-12(9-10-21)11-19-17(22)15-16(13-7-8-13)23-18(20-15)14-5-3-2-4-6-14/h2-6,12-13,21H,7-11H2,1H3,(H,19,22). The van der Waals surface area contributed by atoms with E-state index in [2.05, 4.69) is 10.3 Å². The molecule has 122 valence electrons. The lowest BCUT2D eigenvalue weighted by molar-refractivity contribution is 0.0939. The molecule has 1 aliphatic rings. The van der Waals surface area contributed by atoms with Gasteiger partial charge in [0.25, 0.3) is 5.91 Å². The SMILES string of the molecule is CC(CCO)CNC(=O)c1nc(-c2ccccc2)oc1C1CC1. The first kappa shape index (κ1) is 15.7. The molecule has 1 fully saturated rings. The Bertz CT molecular complexity index is 662. The molecule has 0 saturated heterocycles. The predicted octanol–water partition coefficient (Wildman–Crippen LogP) is 2.97. The maximum Gasteiger partial charge on any atom is 0.273 e. The number of rotatable bonds is 7. The van der Waals surface area contributed by atoms with E-state index in [1.165, 1.54) is 0 Å². The third kappa shape index (κ3) is 3.79. The molecule has 2 aromatic rings. The van der Waals surface area contributed by atoms with Gasteiger partial charge in [-0.05, 0) is 37.3 Å². The molecule has 1 amide bonds. The number of aromatic nitrogens is 1. The van der Waals surface area contributed by atoms with E-state index in [0.29, 0.717) is 36.2 Å². The summed E-state index contributed by atoms with van der Waals surface area (Å²) in [5.41, 5.74) is 1.28. The van der Waals surface area contributed by atoms with Crippen molar-refractivity contribution in [1.29, 1.82) is 0 Å². The van der Waals surface area contributed by atoms with Gasteiger partial charge in [-0.1, -0.05) is 25.1 Å². The lowest BCUT2D eigenvalue weighted by atomic mass is 10.1. The number of carbonyl (C=O) groups excluding carboxylic acids is 1. The Balaban J connectivity index is 1.78. The highest BCUT2D eigenvalue weighted by Gasteiger charge is 2.34. The highest BCUT2D eigenvalue weighted by molar-refractivity contribution is 5.94. The van der Waals surface area contributed by atoms with E-state index in [1.54, 1.807) is 0 Å². The number of aliphatic hydroxyl groups excluding tert-OH is 1. The van der Waals surface area contributed by atoms with Crippen molar-refractivity contribution < 1.29 is 14.3 Å². The van der Waals surface area contributed by atoms with E-state index in [4.69, 9.17) is 9.52 Å². The molecule has 5 heteroatoms. The number of hydrogen-bond donors (Lipinski definition) is 2. The fourth-order valence-electron chi connectivity index (χ4n) is 2.49. The summed E-state index contributed by atoms with van der Waals surface area (Å²) in [6.45, 7) is 2.65. The molecule has 1 heterocycles. The van der Waals surface area contributed by atoms with Crippen LogP contribution >= 0.6 is 0 Å². The lowest BCUT2D eigenvalue weighted by Crippen LogP contribution is -2.29. The second kappa shape index (κ2) is 6.96. The summed E-state index contributed by atoms with van der Waals surface area (Å²) < 4.78 is 5.89. The normalized spacial score (nSPS) is 15.4. The number of carbonyl (C=O) groups is 1. The first-order chi connectivity index (χ1) is 11.2. The van der Waals surface area contributed by atoms with E-state index < -0.39 is 0 Å². The van der Waals surface area contributed by atoms with Crippen LogP contribution in [0.4, 0.5) is 0 Å². The van der Waals surface area contributed by atoms with Gasteiger partial charge in [-0.15, -0.1) is 0 Å². The number of amides is 1. The zero-order chi connectivity index (χ0) is 16.2. The molecular formula is C18H22N2O3. The fourth-order valence-corrected chi connectivity index (χ4v) is 2.49. The summed E-state index contributed by atoms with van der Waals surface area (Å²) in [6.07, 6.45) is 2.76. The van der Waals surface area contributed by atoms with Gasteiger partial charge in [-0.25, -0.2) is 4.98 Å². The highest BCUT2D eigenvalue weighted by Crippen LogP contribution is 2.43. The molecule has 23 heavy (non-hydrogen) atoms. The van der Waals surface area contributed by atoms with Gasteiger partial charge in [0, 0.05) is 24.6 Å². The van der Waals surface area contributed by atoms with Crippen molar-refractivity contribution >= 4 is 5.91 Å². The van der Waals surface area contributed by atoms with Crippen LogP contribution in [0.2, 0.25) is 0 Å². The Kier molecular flexibility index (Phi) is 4.76. The van der Waals surface area contributed by atoms with Crippen LogP contribution in [-0.4, -0.2) is 29.1 Å². The molecule has 0 aliphatic heterocycles. The van der Waals surface area contributed by atoms with Crippen LogP contribution < -0.4 is 5.32 Å². The van der Waals surface area contributed by atoms with Crippen LogP contribution in [0.15, 0.2) is 34.7 Å². The molecule has 1 atom stereocenters. The Labute approximate surface area is 135 Å². The summed E-state index contributed by atoms with van der Waals surface area (Å²) in [7, 11) is 0. The van der Waals surface area contributed by atoms with E-state index in [9.17, 15) is 4.79 Å². The van der Waals surface area contributed by atoms with Crippen LogP contribution in [0, 0.1) is 5.92 Å². The van der Waals surface area contributed by atoms with Gasteiger partial charge >= 0.3 is 0 Å². The number of hydrogen-bond acceptors (Lipinski definition) is 4. The summed E-state index contributed by atoms with van der Waals surface area (Å²) in [4.78, 5) is 16.9. The van der Waals surface area contributed by atoms with Gasteiger partial charge in [-0.2, -0.15) is 0 Å². The molecule has 1 aromatic heterocycles. The summed E-state index contributed by atoms with van der Waals surface area (Å²) in [5.74, 6) is 1.56. The van der Waals surface area contributed by atoms with Crippen molar-refractivity contribution in [2.75, 3.05) is 13.2 Å². The van der Waals surface area contributed by atoms with E-state index in [-0.39, 0.29) is 18.4 Å². The zero-order valence-electron chi connectivity index (χ0n) is 13.3. The Morgan fingerprint density at radius 3 is 2.78 bits per heavy atom. The molecule has 1 unspecified atom stereocenters. The van der Waals surface area contributed by atoms with Crippen molar-refractivity contribution in [3.05, 3.63) is 41.8 Å². The van der Waals surface area contributed by atoms with Crippen LogP contribution in [0.3, 0.4) is 0 Å². The third-order valence-corrected chi connectivity index (χ3v) is 4.07. The van der Waals surface area contributed by atoms with Crippen LogP contribution in [0.25, 0.3) is 11.5 Å². The lowest BCUT2D eigenvalue weighted by Gasteiger charge is -2.10. The van der Waals surface area contributed by atoms with Crippen molar-refractivity contribution in [1.82, 2.24) is 10.3 Å². The Hall–Kier alpha value is -2.14. The van der Waals surface area contributed by atoms with Gasteiger partial charge < -0.3 is 14.8 Å². The van der Waals surface area contributed by atoms with E-state index >= 15 is 0 Å². The average molecular weight is 314 g/mol. The van der Waals surface area contributed by atoms with Gasteiger partial charge in [0.1, 0.15) is 5.76 Å². The predicted molar refractivity (Wildman–Crippen MR) is 87.1 cm³/mol. The zero-order valence-corrected chi connectivity index (χ0v) is 13.3. The molecular weight excluding hydrogens is 292 g/mol. The van der Waals surface area contributed by atoms with Crippen molar-refractivity contribution in [2.24, 2.45) is 5.92 Å². The summed E-state index contributed by atoms with van der Waals surface area (Å²) in [5, 5.41) is 11.8. The van der Waals surface area contributed by atoms with Crippen LogP contribution in [0.1, 0.15) is 48.4 Å². The van der Waals surface area contributed by atoms with Crippen molar-refractivity contribution in [3.63, 3.8) is 0 Å². The molecule has 5 nitrogen and oxygen atoms in total. The minimum absolute atomic E-state index is 0.131. The number of nitrogens with one attached hydrogen (secondary N) is 1. The molecule has 0 radical (unpaired) electrons. The smallest absolute Gasteiger partial charge is 0.273 e. The largest absolute Gasteiger partial charge is 0.440 e. The topological polar surface area (TPSA) is 75.4 Å². The second-order valence-corrected chi connectivity index (χ2v) is 6.20. The minimum atomic E-state index is -0.192. The minimum Gasteiger partial charge on any atom is -0.440 e. The van der Waals surface area contributed by atoms with Crippen LogP contribution in [0.5, 0.6) is 0 Å². The second-order valence-electron chi connectivity index (χ2n) is 6.20. The Morgan fingerprint density at radius 1 is 1.39 bits per heavy atom. The Morgan fingerprint density at radius 2 is 2.13 bits per heavy atom. The molecule has 1 aliphatic carbocycles. The van der Waals surface area contributed by atoms with E-state index in [1.807, 2.05) is 37.3 Å². The van der Waals surface area contributed by atoms with Crippen molar-refractivity contribution in [3.8, 4) is 11.5 Å². The monoisotopic (exact) mass is 314 g/mol. The highest BCUT2D eigenvalue weighted by atomic mass is 16.4. The van der Waals surface area contributed by atoms with Gasteiger partial charge in [0.05, 0.1) is 0 Å². The molecule has 1 aromatic carbocycles. The number of benzene rings is 1. The van der Waals surface area contributed by atoms with E-state index in [0.717, 1.165) is 18.4 Å². The number of aliphatic hydroxyl groups is 1. The number of nitrogens with zero attached hydrogens (tertiary/aromatic N) is 1. The van der Waals surface area contributed by atoms with Gasteiger partial charge in [0.2, 0.25) is 5.89 Å². The fraction of sp³-hybridized carbons (Fsp3) is 0.444. The first-order valence-electron chi connectivity index (χ1n) is 8.14. The molecule has 3 rings (SSSR count). The molecule has 1 saturated carbocycles. The maximum atomic E-state index is 12.5. The maximum absolute atomic E-state index is 12.5. The van der Waals surface area contributed by atoms with Crippen molar-refractivity contribution in [2.45, 2.75) is 32.1 Å². The van der Waals surface area contributed by atoms with Crippen LogP contribution in [-0.2, 0) is 0 Å². The number of oxazole rings is 1.